The number of aryl methyl sites for hydroxylation is 1. The summed E-state index contributed by atoms with van der Waals surface area (Å²) in [5.74, 6) is 0.666. The van der Waals surface area contributed by atoms with Gasteiger partial charge in [0.1, 0.15) is 0 Å². The third-order valence-electron chi connectivity index (χ3n) is 1.50. The number of nitrogens with zero attached hydrogens (tertiary/aromatic N) is 2. The molecule has 0 radical (unpaired) electrons. The lowest BCUT2D eigenvalue weighted by Crippen LogP contribution is -2.15. The van der Waals surface area contributed by atoms with E-state index in [0.717, 1.165) is 12.1 Å². The zero-order chi connectivity index (χ0) is 8.81. The number of hydrogen-bond acceptors (Lipinski definition) is 4. The van der Waals surface area contributed by atoms with Gasteiger partial charge in [0.05, 0.1) is 0 Å². The van der Waals surface area contributed by atoms with Crippen molar-refractivity contribution in [2.45, 2.75) is 13.3 Å². The molecule has 1 heterocycles. The van der Waals surface area contributed by atoms with Gasteiger partial charge in [-0.05, 0) is 12.5 Å². The molecule has 0 aromatic carbocycles. The molecular formula is C8H14N4. The Morgan fingerprint density at radius 3 is 3.08 bits per heavy atom. The zero-order valence-corrected chi connectivity index (χ0v) is 7.25. The fourth-order valence-electron chi connectivity index (χ4n) is 0.862. The molecule has 0 aliphatic carbocycles. The normalized spacial score (nSPS) is 9.83. The van der Waals surface area contributed by atoms with Gasteiger partial charge in [0.25, 0.3) is 0 Å². The van der Waals surface area contributed by atoms with Crippen molar-refractivity contribution in [2.75, 3.05) is 18.4 Å². The number of anilines is 1. The van der Waals surface area contributed by atoms with Gasteiger partial charge in [-0.3, -0.25) is 0 Å². The number of aromatic nitrogens is 2. The highest BCUT2D eigenvalue weighted by Crippen LogP contribution is 1.99. The first kappa shape index (κ1) is 8.93. The van der Waals surface area contributed by atoms with Crippen molar-refractivity contribution >= 4 is 5.95 Å². The van der Waals surface area contributed by atoms with Gasteiger partial charge in [-0.15, -0.1) is 0 Å². The minimum absolute atomic E-state index is 0.597. The van der Waals surface area contributed by atoms with E-state index < -0.39 is 0 Å². The first-order chi connectivity index (χ1) is 5.86. The van der Waals surface area contributed by atoms with Crippen LogP contribution in [0, 0.1) is 0 Å². The summed E-state index contributed by atoms with van der Waals surface area (Å²) in [6.45, 7) is 3.38. The van der Waals surface area contributed by atoms with E-state index in [4.69, 9.17) is 5.73 Å². The Morgan fingerprint density at radius 2 is 2.42 bits per heavy atom. The number of nitrogens with one attached hydrogen (secondary N) is 1. The van der Waals surface area contributed by atoms with Crippen molar-refractivity contribution in [3.05, 3.63) is 18.0 Å². The Balaban J connectivity index is 2.60. The molecule has 0 fully saturated rings. The van der Waals surface area contributed by atoms with Crippen LogP contribution < -0.4 is 11.1 Å². The molecular weight excluding hydrogens is 152 g/mol. The first-order valence-corrected chi connectivity index (χ1v) is 4.12. The van der Waals surface area contributed by atoms with E-state index >= 15 is 0 Å². The van der Waals surface area contributed by atoms with Crippen molar-refractivity contribution < 1.29 is 0 Å². The second-order valence-corrected chi connectivity index (χ2v) is 2.44. The van der Waals surface area contributed by atoms with E-state index in [1.54, 1.807) is 6.20 Å². The van der Waals surface area contributed by atoms with Crippen LogP contribution in [0.4, 0.5) is 5.95 Å². The third-order valence-corrected chi connectivity index (χ3v) is 1.50. The van der Waals surface area contributed by atoms with Crippen molar-refractivity contribution in [1.29, 1.82) is 0 Å². The van der Waals surface area contributed by atoms with Gasteiger partial charge in [0, 0.05) is 25.0 Å². The quantitative estimate of drug-likeness (QED) is 0.680. The summed E-state index contributed by atoms with van der Waals surface area (Å²) in [5.41, 5.74) is 6.37. The average Bonchev–Trinajstić information content (AvgIpc) is 2.15. The molecule has 0 spiro atoms. The number of hydrogen-bond donors (Lipinski definition) is 2. The smallest absolute Gasteiger partial charge is 0.222 e. The van der Waals surface area contributed by atoms with Crippen molar-refractivity contribution in [1.82, 2.24) is 9.97 Å². The summed E-state index contributed by atoms with van der Waals surface area (Å²) in [7, 11) is 0. The standard InChI is InChI=1S/C8H14N4/c1-2-7-3-5-10-8(12-7)11-6-4-9/h3,5H,2,4,6,9H2,1H3,(H,10,11,12). The molecule has 0 aliphatic rings. The lowest BCUT2D eigenvalue weighted by molar-refractivity contribution is 0.954. The average molecular weight is 166 g/mol. The molecule has 0 amide bonds. The molecule has 4 heteroatoms. The number of rotatable bonds is 4. The van der Waals surface area contributed by atoms with Crippen molar-refractivity contribution in [2.24, 2.45) is 5.73 Å². The Morgan fingerprint density at radius 1 is 1.58 bits per heavy atom. The van der Waals surface area contributed by atoms with E-state index in [9.17, 15) is 0 Å². The summed E-state index contributed by atoms with van der Waals surface area (Å²) in [6, 6.07) is 1.91. The van der Waals surface area contributed by atoms with Crippen LogP contribution in [0.1, 0.15) is 12.6 Å². The molecule has 1 aromatic rings. The van der Waals surface area contributed by atoms with E-state index in [2.05, 4.69) is 22.2 Å². The molecule has 3 N–H and O–H groups in total. The molecule has 0 saturated heterocycles. The lowest BCUT2D eigenvalue weighted by Gasteiger charge is -2.02. The van der Waals surface area contributed by atoms with E-state index in [-0.39, 0.29) is 0 Å². The van der Waals surface area contributed by atoms with Gasteiger partial charge in [-0.2, -0.15) is 0 Å². The fourth-order valence-corrected chi connectivity index (χ4v) is 0.862. The predicted molar refractivity (Wildman–Crippen MR) is 49.0 cm³/mol. The highest BCUT2D eigenvalue weighted by Gasteiger charge is 1.94. The van der Waals surface area contributed by atoms with Crippen LogP contribution >= 0.6 is 0 Å². The van der Waals surface area contributed by atoms with Crippen molar-refractivity contribution in [3.8, 4) is 0 Å². The molecule has 0 atom stereocenters. The second kappa shape index (κ2) is 4.66. The maximum Gasteiger partial charge on any atom is 0.222 e. The van der Waals surface area contributed by atoms with Crippen LogP contribution in [0.25, 0.3) is 0 Å². The van der Waals surface area contributed by atoms with Gasteiger partial charge in [0.2, 0.25) is 5.95 Å². The van der Waals surface area contributed by atoms with E-state index in [1.807, 2.05) is 6.07 Å². The van der Waals surface area contributed by atoms with Crippen LogP contribution in [0.15, 0.2) is 12.3 Å². The minimum atomic E-state index is 0.597. The SMILES string of the molecule is CCc1ccnc(NCCN)n1. The van der Waals surface area contributed by atoms with Gasteiger partial charge >= 0.3 is 0 Å². The first-order valence-electron chi connectivity index (χ1n) is 4.12. The molecule has 0 unspecified atom stereocenters. The molecule has 1 aromatic heterocycles. The van der Waals surface area contributed by atoms with Gasteiger partial charge in [-0.25, -0.2) is 9.97 Å². The molecule has 0 saturated carbocycles. The third kappa shape index (κ3) is 2.47. The summed E-state index contributed by atoms with van der Waals surface area (Å²) in [4.78, 5) is 8.30. The summed E-state index contributed by atoms with van der Waals surface area (Å²) in [6.07, 6.45) is 2.69. The Hall–Kier alpha value is -1.16. The van der Waals surface area contributed by atoms with Gasteiger partial charge in [0.15, 0.2) is 0 Å². The predicted octanol–water partition coefficient (Wildman–Crippen LogP) is 0.410. The minimum Gasteiger partial charge on any atom is -0.353 e. The van der Waals surface area contributed by atoms with E-state index in [0.29, 0.717) is 19.0 Å². The molecule has 12 heavy (non-hydrogen) atoms. The van der Waals surface area contributed by atoms with Crippen LogP contribution in [0.3, 0.4) is 0 Å². The fraction of sp³-hybridized carbons (Fsp3) is 0.500. The summed E-state index contributed by atoms with van der Waals surface area (Å²) in [5, 5.41) is 3.02. The van der Waals surface area contributed by atoms with Crippen LogP contribution in [-0.4, -0.2) is 23.1 Å². The molecule has 0 aliphatic heterocycles. The topological polar surface area (TPSA) is 63.8 Å². The van der Waals surface area contributed by atoms with Crippen LogP contribution in [0.2, 0.25) is 0 Å². The van der Waals surface area contributed by atoms with Crippen molar-refractivity contribution in [3.63, 3.8) is 0 Å². The van der Waals surface area contributed by atoms with Gasteiger partial charge in [-0.1, -0.05) is 6.92 Å². The maximum atomic E-state index is 5.33. The number of nitrogens with two attached hydrogens (primary N) is 1. The highest BCUT2D eigenvalue weighted by atomic mass is 15.1. The second-order valence-electron chi connectivity index (χ2n) is 2.44. The Kier molecular flexibility index (Phi) is 3.47. The Bertz CT molecular complexity index is 236. The molecule has 0 bridgehead atoms. The maximum absolute atomic E-state index is 5.33. The van der Waals surface area contributed by atoms with Crippen LogP contribution in [-0.2, 0) is 6.42 Å². The Labute approximate surface area is 72.2 Å². The largest absolute Gasteiger partial charge is 0.353 e. The van der Waals surface area contributed by atoms with E-state index in [1.165, 1.54) is 0 Å². The van der Waals surface area contributed by atoms with Gasteiger partial charge < -0.3 is 11.1 Å². The lowest BCUT2D eigenvalue weighted by atomic mass is 10.3. The molecule has 4 nitrogen and oxygen atoms in total. The zero-order valence-electron chi connectivity index (χ0n) is 7.25. The highest BCUT2D eigenvalue weighted by molar-refractivity contribution is 5.24. The molecule has 66 valence electrons. The van der Waals surface area contributed by atoms with Crippen LogP contribution in [0.5, 0.6) is 0 Å². The molecule has 1 rings (SSSR count). The monoisotopic (exact) mass is 166 g/mol. The summed E-state index contributed by atoms with van der Waals surface area (Å²) >= 11 is 0. The summed E-state index contributed by atoms with van der Waals surface area (Å²) < 4.78 is 0.